The topological polar surface area (TPSA) is 37.8 Å². The van der Waals surface area contributed by atoms with Crippen molar-refractivity contribution in [3.8, 4) is 0 Å². The lowest BCUT2D eigenvalue weighted by Gasteiger charge is -2.06. The van der Waals surface area contributed by atoms with Crippen LogP contribution in [0.25, 0.3) is 0 Å². The Labute approximate surface area is 76.2 Å². The van der Waals surface area contributed by atoms with Gasteiger partial charge in [-0.1, -0.05) is 11.6 Å². The third-order valence-electron chi connectivity index (χ3n) is 2.01. The second-order valence-corrected chi connectivity index (χ2v) is 3.34. The van der Waals surface area contributed by atoms with Crippen LogP contribution < -0.4 is 5.32 Å². The van der Waals surface area contributed by atoms with Crippen LogP contribution in [0.5, 0.6) is 0 Å². The average Bonchev–Trinajstić information content (AvgIpc) is 2.58. The Kier molecular flexibility index (Phi) is 2.23. The summed E-state index contributed by atoms with van der Waals surface area (Å²) in [6, 6.07) is 0.335. The summed E-state index contributed by atoms with van der Waals surface area (Å²) in [5.41, 5.74) is 0. The zero-order valence-corrected chi connectivity index (χ0v) is 7.38. The van der Waals surface area contributed by atoms with Gasteiger partial charge in [0.25, 0.3) is 0 Å². The number of aromatic nitrogens is 2. The smallest absolute Gasteiger partial charge is 0.145 e. The van der Waals surface area contributed by atoms with Crippen LogP contribution in [0.4, 0.5) is 0 Å². The summed E-state index contributed by atoms with van der Waals surface area (Å²) in [7, 11) is 0. The molecule has 3 nitrogen and oxygen atoms in total. The van der Waals surface area contributed by atoms with E-state index in [1.807, 2.05) is 0 Å². The van der Waals surface area contributed by atoms with E-state index in [4.69, 9.17) is 11.6 Å². The minimum atomic E-state index is 0.335. The van der Waals surface area contributed by atoms with E-state index in [2.05, 4.69) is 15.3 Å². The standard InChI is InChI=1S/C8H10ClN3/c9-6-4-11-8(12-5-6)7-2-1-3-10-7/h4-5,7,10H,1-3H2/t7-/m1/s1. The molecule has 1 saturated heterocycles. The quantitative estimate of drug-likeness (QED) is 0.718. The molecule has 1 aliphatic rings. The molecule has 0 aromatic carbocycles. The fourth-order valence-corrected chi connectivity index (χ4v) is 1.50. The molecule has 2 heterocycles. The van der Waals surface area contributed by atoms with Crippen molar-refractivity contribution in [3.63, 3.8) is 0 Å². The lowest BCUT2D eigenvalue weighted by atomic mass is 10.2. The van der Waals surface area contributed by atoms with Crippen LogP contribution in [0, 0.1) is 0 Å². The fraction of sp³-hybridized carbons (Fsp3) is 0.500. The predicted octanol–water partition coefficient (Wildman–Crippen LogP) is 1.55. The summed E-state index contributed by atoms with van der Waals surface area (Å²) in [5, 5.41) is 3.92. The first kappa shape index (κ1) is 7.95. The molecule has 0 radical (unpaired) electrons. The zero-order chi connectivity index (χ0) is 8.39. The molecular formula is C8H10ClN3. The maximum Gasteiger partial charge on any atom is 0.145 e. The molecule has 0 aliphatic carbocycles. The van der Waals surface area contributed by atoms with Crippen LogP contribution in [0.1, 0.15) is 24.7 Å². The summed E-state index contributed by atoms with van der Waals surface area (Å²) >= 11 is 5.67. The van der Waals surface area contributed by atoms with Crippen molar-refractivity contribution in [1.29, 1.82) is 0 Å². The van der Waals surface area contributed by atoms with Crippen LogP contribution >= 0.6 is 11.6 Å². The third kappa shape index (κ3) is 1.57. The van der Waals surface area contributed by atoms with Crippen molar-refractivity contribution >= 4 is 11.6 Å². The normalized spacial score (nSPS) is 22.9. The molecule has 0 unspecified atom stereocenters. The lowest BCUT2D eigenvalue weighted by Crippen LogP contribution is -2.15. The first-order valence-corrected chi connectivity index (χ1v) is 4.45. The van der Waals surface area contributed by atoms with Gasteiger partial charge in [-0.15, -0.1) is 0 Å². The van der Waals surface area contributed by atoms with Gasteiger partial charge in [-0.05, 0) is 19.4 Å². The van der Waals surface area contributed by atoms with Crippen molar-refractivity contribution in [1.82, 2.24) is 15.3 Å². The first-order chi connectivity index (χ1) is 5.86. The lowest BCUT2D eigenvalue weighted by molar-refractivity contribution is 0.604. The van der Waals surface area contributed by atoms with E-state index in [9.17, 15) is 0 Å². The van der Waals surface area contributed by atoms with Gasteiger partial charge in [0.15, 0.2) is 0 Å². The second-order valence-electron chi connectivity index (χ2n) is 2.91. The van der Waals surface area contributed by atoms with Gasteiger partial charge in [0.05, 0.1) is 11.1 Å². The van der Waals surface area contributed by atoms with E-state index in [0.29, 0.717) is 11.1 Å². The van der Waals surface area contributed by atoms with Gasteiger partial charge in [0.2, 0.25) is 0 Å². The molecule has 1 aromatic rings. The molecule has 4 heteroatoms. The molecule has 0 bridgehead atoms. The van der Waals surface area contributed by atoms with Gasteiger partial charge in [0, 0.05) is 12.4 Å². The minimum absolute atomic E-state index is 0.335. The number of nitrogens with one attached hydrogen (secondary N) is 1. The Morgan fingerprint density at radius 2 is 2.17 bits per heavy atom. The van der Waals surface area contributed by atoms with Crippen molar-refractivity contribution in [2.45, 2.75) is 18.9 Å². The van der Waals surface area contributed by atoms with Gasteiger partial charge >= 0.3 is 0 Å². The van der Waals surface area contributed by atoms with Crippen molar-refractivity contribution < 1.29 is 0 Å². The molecule has 1 fully saturated rings. The molecule has 0 amide bonds. The van der Waals surface area contributed by atoms with Gasteiger partial charge in [-0.3, -0.25) is 0 Å². The monoisotopic (exact) mass is 183 g/mol. The highest BCUT2D eigenvalue weighted by atomic mass is 35.5. The highest BCUT2D eigenvalue weighted by Gasteiger charge is 2.17. The van der Waals surface area contributed by atoms with E-state index in [-0.39, 0.29) is 0 Å². The largest absolute Gasteiger partial charge is 0.307 e. The molecule has 1 N–H and O–H groups in total. The second kappa shape index (κ2) is 3.37. The number of halogens is 1. The van der Waals surface area contributed by atoms with Gasteiger partial charge in [-0.2, -0.15) is 0 Å². The maximum atomic E-state index is 5.67. The molecule has 1 aromatic heterocycles. The fourth-order valence-electron chi connectivity index (χ4n) is 1.41. The SMILES string of the molecule is Clc1cnc([C@H]2CCCN2)nc1. The average molecular weight is 184 g/mol. The molecular weight excluding hydrogens is 174 g/mol. The number of nitrogens with zero attached hydrogens (tertiary/aromatic N) is 2. The summed E-state index contributed by atoms with van der Waals surface area (Å²) < 4.78 is 0. The maximum absolute atomic E-state index is 5.67. The Balaban J connectivity index is 2.17. The zero-order valence-electron chi connectivity index (χ0n) is 6.63. The number of rotatable bonds is 1. The van der Waals surface area contributed by atoms with Crippen molar-refractivity contribution in [2.75, 3.05) is 6.54 Å². The van der Waals surface area contributed by atoms with E-state index in [1.54, 1.807) is 12.4 Å². The molecule has 64 valence electrons. The van der Waals surface area contributed by atoms with E-state index >= 15 is 0 Å². The minimum Gasteiger partial charge on any atom is -0.307 e. The highest BCUT2D eigenvalue weighted by Crippen LogP contribution is 2.19. The Hall–Kier alpha value is -0.670. The molecule has 0 saturated carbocycles. The van der Waals surface area contributed by atoms with Gasteiger partial charge < -0.3 is 5.32 Å². The first-order valence-electron chi connectivity index (χ1n) is 4.07. The van der Waals surface area contributed by atoms with Gasteiger partial charge in [-0.25, -0.2) is 9.97 Å². The predicted molar refractivity (Wildman–Crippen MR) is 47.0 cm³/mol. The summed E-state index contributed by atoms with van der Waals surface area (Å²) in [5.74, 6) is 0.858. The molecule has 0 spiro atoms. The van der Waals surface area contributed by atoms with Crippen LogP contribution in [0.2, 0.25) is 5.02 Å². The molecule has 1 aliphatic heterocycles. The molecule has 1 atom stereocenters. The number of hydrogen-bond donors (Lipinski definition) is 1. The van der Waals surface area contributed by atoms with E-state index < -0.39 is 0 Å². The summed E-state index contributed by atoms with van der Waals surface area (Å²) in [6.07, 6.45) is 5.62. The Morgan fingerprint density at radius 3 is 2.75 bits per heavy atom. The summed E-state index contributed by atoms with van der Waals surface area (Å²) in [6.45, 7) is 1.07. The number of hydrogen-bond acceptors (Lipinski definition) is 3. The van der Waals surface area contributed by atoms with E-state index in [1.165, 1.54) is 6.42 Å². The van der Waals surface area contributed by atoms with Crippen molar-refractivity contribution in [3.05, 3.63) is 23.2 Å². The highest BCUT2D eigenvalue weighted by molar-refractivity contribution is 6.30. The third-order valence-corrected chi connectivity index (χ3v) is 2.21. The van der Waals surface area contributed by atoms with Crippen LogP contribution in [0.3, 0.4) is 0 Å². The van der Waals surface area contributed by atoms with Gasteiger partial charge in [0.1, 0.15) is 5.82 Å². The van der Waals surface area contributed by atoms with Crippen LogP contribution in [-0.4, -0.2) is 16.5 Å². The molecule has 12 heavy (non-hydrogen) atoms. The van der Waals surface area contributed by atoms with Crippen molar-refractivity contribution in [2.24, 2.45) is 0 Å². The Bertz CT molecular complexity index is 254. The van der Waals surface area contributed by atoms with Crippen LogP contribution in [0.15, 0.2) is 12.4 Å². The molecule has 2 rings (SSSR count). The summed E-state index contributed by atoms with van der Waals surface area (Å²) in [4.78, 5) is 8.31. The Morgan fingerprint density at radius 1 is 1.42 bits per heavy atom. The van der Waals surface area contributed by atoms with Crippen LogP contribution in [-0.2, 0) is 0 Å². The van der Waals surface area contributed by atoms with E-state index in [0.717, 1.165) is 18.8 Å².